The summed E-state index contributed by atoms with van der Waals surface area (Å²) in [6, 6.07) is 28.1. The number of hydrogen-bond donors (Lipinski definition) is 2. The Morgan fingerprint density at radius 1 is 0.612 bits per heavy atom. The largest absolute Gasteiger partial charge is 0.378 e. The van der Waals surface area contributed by atoms with Crippen LogP contribution in [0.3, 0.4) is 0 Å². The molecule has 0 aliphatic heterocycles. The van der Waals surface area contributed by atoms with Crippen molar-refractivity contribution in [1.82, 2.24) is 15.0 Å². The summed E-state index contributed by atoms with van der Waals surface area (Å²) in [6.07, 6.45) is -0.668. The summed E-state index contributed by atoms with van der Waals surface area (Å²) in [5, 5.41) is 26.6. The Hall–Kier alpha value is -5.43. The van der Waals surface area contributed by atoms with Crippen molar-refractivity contribution in [1.29, 1.82) is 0 Å². The van der Waals surface area contributed by atoms with E-state index in [2.05, 4.69) is 108 Å². The maximum Gasteiger partial charge on any atom is 0.275 e. The lowest BCUT2D eigenvalue weighted by Gasteiger charge is -2.21. The van der Waals surface area contributed by atoms with E-state index in [4.69, 9.17) is 0 Å². The lowest BCUT2D eigenvalue weighted by Crippen LogP contribution is -2.21. The average Bonchev–Trinajstić information content (AvgIpc) is 3.66. The van der Waals surface area contributed by atoms with Gasteiger partial charge in [0.2, 0.25) is 18.1 Å². The van der Waals surface area contributed by atoms with E-state index in [1.165, 1.54) is 11.3 Å². The molecule has 2 N–H and O–H groups in total. The zero-order valence-electron chi connectivity index (χ0n) is 28.9. The molecule has 0 spiro atoms. The molecule has 0 saturated heterocycles. The number of aromatic nitrogens is 3. The number of rotatable bonds is 16. The molecule has 1 atom stereocenters. The van der Waals surface area contributed by atoms with Crippen LogP contribution in [0.5, 0.6) is 0 Å². The second kappa shape index (κ2) is 17.1. The van der Waals surface area contributed by atoms with Crippen molar-refractivity contribution in [2.75, 3.05) is 65.6 Å². The molecule has 13 heteroatoms. The number of hydrogen-bond acceptors (Lipinski definition) is 13. The van der Waals surface area contributed by atoms with Gasteiger partial charge in [-0.25, -0.2) is 0 Å². The molecular weight excluding hydrogens is 633 g/mol. The van der Waals surface area contributed by atoms with Gasteiger partial charge in [0, 0.05) is 68.7 Å². The predicted molar refractivity (Wildman–Crippen MR) is 203 cm³/mol. The fourth-order valence-electron chi connectivity index (χ4n) is 5.09. The first-order valence-corrected chi connectivity index (χ1v) is 17.4. The summed E-state index contributed by atoms with van der Waals surface area (Å²) in [7, 11) is 4.00. The summed E-state index contributed by atoms with van der Waals surface area (Å²) >= 11 is 1.53. The van der Waals surface area contributed by atoms with Gasteiger partial charge in [-0.15, -0.1) is 16.5 Å². The third kappa shape index (κ3) is 9.57. The highest BCUT2D eigenvalue weighted by atomic mass is 32.1. The van der Waals surface area contributed by atoms with Gasteiger partial charge in [0.05, 0.1) is 10.6 Å². The standard InChI is InChI=1S/C36H44N12S/c1-7-47(8-2)30-21-13-26(14-22-30)37-34-39-35(38-27-15-23-31(24-16-27)48(9-3)10-4)41-36(40-34)45-44-33(32-12-11-25-49-32)43-42-28-17-19-29(20-18-28)46(5)6/h11-25,33H,7-10H2,1-6H3,(H2,37,38,39,40,41). The Morgan fingerprint density at radius 3 is 1.55 bits per heavy atom. The second-order valence-corrected chi connectivity index (χ2v) is 12.2. The quantitative estimate of drug-likeness (QED) is 0.0991. The van der Waals surface area contributed by atoms with Gasteiger partial charge in [-0.2, -0.15) is 30.3 Å². The topological polar surface area (TPSA) is 122 Å². The third-order valence-corrected chi connectivity index (χ3v) is 8.74. The van der Waals surface area contributed by atoms with E-state index in [1.807, 2.05) is 85.0 Å². The van der Waals surface area contributed by atoms with Gasteiger partial charge in [-0.05, 0) is 112 Å². The second-order valence-electron chi connectivity index (χ2n) is 11.2. The van der Waals surface area contributed by atoms with Crippen LogP contribution in [-0.2, 0) is 0 Å². The molecule has 2 heterocycles. The van der Waals surface area contributed by atoms with Crippen LogP contribution in [0.2, 0.25) is 0 Å². The van der Waals surface area contributed by atoms with E-state index in [0.717, 1.165) is 65.2 Å². The number of azo groups is 2. The minimum Gasteiger partial charge on any atom is -0.378 e. The van der Waals surface area contributed by atoms with E-state index in [-0.39, 0.29) is 5.95 Å². The van der Waals surface area contributed by atoms with Gasteiger partial charge >= 0.3 is 0 Å². The Kier molecular flexibility index (Phi) is 12.2. The minimum absolute atomic E-state index is 0.131. The summed E-state index contributed by atoms with van der Waals surface area (Å²) < 4.78 is 0. The van der Waals surface area contributed by atoms with Crippen LogP contribution in [0.15, 0.2) is 111 Å². The minimum atomic E-state index is -0.668. The molecule has 254 valence electrons. The van der Waals surface area contributed by atoms with Crippen molar-refractivity contribution < 1.29 is 0 Å². The highest BCUT2D eigenvalue weighted by Gasteiger charge is 2.13. The Morgan fingerprint density at radius 2 is 1.10 bits per heavy atom. The van der Waals surface area contributed by atoms with Crippen LogP contribution >= 0.6 is 11.3 Å². The van der Waals surface area contributed by atoms with Crippen LogP contribution < -0.4 is 25.3 Å². The van der Waals surface area contributed by atoms with E-state index in [0.29, 0.717) is 11.9 Å². The molecule has 5 rings (SSSR count). The zero-order chi connectivity index (χ0) is 34.6. The summed E-state index contributed by atoms with van der Waals surface area (Å²) in [5.41, 5.74) is 5.78. The number of nitrogens with zero attached hydrogens (tertiary/aromatic N) is 10. The van der Waals surface area contributed by atoms with E-state index in [1.54, 1.807) is 0 Å². The highest BCUT2D eigenvalue weighted by Crippen LogP contribution is 2.29. The number of nitrogens with one attached hydrogen (secondary N) is 2. The van der Waals surface area contributed by atoms with Crippen molar-refractivity contribution in [2.45, 2.75) is 33.9 Å². The van der Waals surface area contributed by atoms with Gasteiger partial charge < -0.3 is 25.3 Å². The molecular formula is C36H44N12S. The SMILES string of the molecule is CCN(CC)c1ccc(Nc2nc(N=NC(N=Nc3ccc(N(C)C)cc3)c3cccs3)nc(Nc3ccc(N(CC)CC)cc3)n2)cc1. The van der Waals surface area contributed by atoms with Crippen molar-refractivity contribution in [3.05, 3.63) is 95.2 Å². The first kappa shape index (κ1) is 34.9. The van der Waals surface area contributed by atoms with E-state index >= 15 is 0 Å². The van der Waals surface area contributed by atoms with Crippen LogP contribution in [-0.4, -0.2) is 55.2 Å². The normalized spacial score (nSPS) is 12.0. The van der Waals surface area contributed by atoms with Crippen molar-refractivity contribution in [3.8, 4) is 0 Å². The smallest absolute Gasteiger partial charge is 0.275 e. The lowest BCUT2D eigenvalue weighted by atomic mass is 10.2. The van der Waals surface area contributed by atoms with E-state index < -0.39 is 6.17 Å². The fraction of sp³-hybridized carbons (Fsp3) is 0.306. The van der Waals surface area contributed by atoms with Gasteiger partial charge in [-0.3, -0.25) is 0 Å². The maximum absolute atomic E-state index is 4.67. The van der Waals surface area contributed by atoms with Crippen molar-refractivity contribution >= 4 is 63.3 Å². The number of anilines is 7. The molecule has 1 unspecified atom stereocenters. The molecule has 0 aliphatic carbocycles. The first-order chi connectivity index (χ1) is 23.9. The molecule has 12 nitrogen and oxygen atoms in total. The maximum atomic E-state index is 4.67. The zero-order valence-corrected chi connectivity index (χ0v) is 29.8. The number of benzene rings is 3. The molecule has 0 saturated carbocycles. The molecule has 0 amide bonds. The third-order valence-electron chi connectivity index (χ3n) is 7.83. The highest BCUT2D eigenvalue weighted by molar-refractivity contribution is 7.10. The Balaban J connectivity index is 1.43. The lowest BCUT2D eigenvalue weighted by molar-refractivity contribution is 0.696. The van der Waals surface area contributed by atoms with Gasteiger partial charge in [-0.1, -0.05) is 6.07 Å². The van der Waals surface area contributed by atoms with Crippen molar-refractivity contribution in [3.63, 3.8) is 0 Å². The molecule has 0 bridgehead atoms. The fourth-order valence-corrected chi connectivity index (χ4v) is 5.78. The Bertz CT molecular complexity index is 1700. The first-order valence-electron chi connectivity index (χ1n) is 16.5. The average molecular weight is 677 g/mol. The molecule has 3 aromatic carbocycles. The number of thiophene rings is 1. The summed E-state index contributed by atoms with van der Waals surface area (Å²) in [5.74, 6) is 0.792. The molecule has 49 heavy (non-hydrogen) atoms. The molecule has 2 aromatic heterocycles. The van der Waals surface area contributed by atoms with Crippen LogP contribution in [0.4, 0.5) is 52.0 Å². The van der Waals surface area contributed by atoms with Crippen molar-refractivity contribution in [2.24, 2.45) is 20.5 Å². The van der Waals surface area contributed by atoms with Gasteiger partial charge in [0.15, 0.2) is 0 Å². The van der Waals surface area contributed by atoms with Crippen LogP contribution in [0.1, 0.15) is 38.7 Å². The Labute approximate surface area is 292 Å². The monoisotopic (exact) mass is 676 g/mol. The molecule has 0 aliphatic rings. The molecule has 0 radical (unpaired) electrons. The summed E-state index contributed by atoms with van der Waals surface area (Å²) in [4.78, 5) is 21.4. The predicted octanol–water partition coefficient (Wildman–Crippen LogP) is 9.75. The molecule has 0 fully saturated rings. The van der Waals surface area contributed by atoms with Gasteiger partial charge in [0.25, 0.3) is 5.95 Å². The van der Waals surface area contributed by atoms with Crippen LogP contribution in [0, 0.1) is 0 Å². The van der Waals surface area contributed by atoms with Gasteiger partial charge in [0.1, 0.15) is 0 Å². The van der Waals surface area contributed by atoms with E-state index in [9.17, 15) is 0 Å². The van der Waals surface area contributed by atoms with Crippen LogP contribution in [0.25, 0.3) is 0 Å². The molecule has 5 aromatic rings. The summed E-state index contributed by atoms with van der Waals surface area (Å²) in [6.45, 7) is 12.3.